The van der Waals surface area contributed by atoms with Crippen molar-refractivity contribution >= 4 is 23.7 Å². The number of aliphatic hydroxyl groups excluding tert-OH is 7. The molecule has 10 atom stereocenters. The van der Waals surface area contributed by atoms with E-state index in [1.54, 1.807) is 6.07 Å². The molecule has 49 heavy (non-hydrogen) atoms. The SMILES string of the molecule is COc1cc(/C=C/C(=O)CC(=O)/C=C/c2ccc(O[C@@H]3O[C@H](CO)[C@@H](O)[C@H](O[C@@H]4O[C@H](CO)[C@@H](O)[C@H](O)[C@H]4O)[C@H]3O)c(OC)c2)ccc1O. The van der Waals surface area contributed by atoms with Crippen LogP contribution in [-0.4, -0.2) is 141 Å². The van der Waals surface area contributed by atoms with Crippen molar-refractivity contribution in [2.75, 3.05) is 27.4 Å². The van der Waals surface area contributed by atoms with Crippen molar-refractivity contribution in [3.8, 4) is 23.0 Å². The summed E-state index contributed by atoms with van der Waals surface area (Å²) in [6, 6.07) is 9.00. The highest BCUT2D eigenvalue weighted by atomic mass is 16.7. The molecule has 2 aromatic carbocycles. The molecular formula is C33H40O16. The zero-order chi connectivity index (χ0) is 35.8. The predicted octanol–water partition coefficient (Wildman–Crippen LogP) is -1.33. The Kier molecular flexibility index (Phi) is 13.2. The number of rotatable bonds is 14. The first kappa shape index (κ1) is 37.9. The Morgan fingerprint density at radius 1 is 0.694 bits per heavy atom. The number of hydrogen-bond donors (Lipinski definition) is 8. The first-order valence-corrected chi connectivity index (χ1v) is 15.1. The van der Waals surface area contributed by atoms with Crippen LogP contribution in [0.1, 0.15) is 17.5 Å². The van der Waals surface area contributed by atoms with Gasteiger partial charge in [0.05, 0.1) is 33.9 Å². The van der Waals surface area contributed by atoms with E-state index in [4.69, 9.17) is 28.4 Å². The van der Waals surface area contributed by atoms with Gasteiger partial charge in [-0.2, -0.15) is 0 Å². The molecule has 0 aliphatic carbocycles. The molecule has 2 fully saturated rings. The molecule has 0 saturated carbocycles. The molecule has 2 aliphatic rings. The van der Waals surface area contributed by atoms with Crippen molar-refractivity contribution in [3.05, 3.63) is 59.7 Å². The van der Waals surface area contributed by atoms with Crippen LogP contribution in [0, 0.1) is 0 Å². The van der Waals surface area contributed by atoms with E-state index in [1.165, 1.54) is 68.9 Å². The summed E-state index contributed by atoms with van der Waals surface area (Å²) in [7, 11) is 2.73. The van der Waals surface area contributed by atoms with E-state index in [0.717, 1.165) is 0 Å². The number of allylic oxidation sites excluding steroid dienone is 2. The molecule has 0 bridgehead atoms. The lowest BCUT2D eigenvalue weighted by Crippen LogP contribution is -2.65. The molecular weight excluding hydrogens is 652 g/mol. The Morgan fingerprint density at radius 3 is 1.84 bits per heavy atom. The van der Waals surface area contributed by atoms with E-state index < -0.39 is 92.6 Å². The molecule has 0 radical (unpaired) electrons. The normalized spacial score (nSPS) is 30.4. The minimum atomic E-state index is -1.83. The van der Waals surface area contributed by atoms with E-state index in [0.29, 0.717) is 11.1 Å². The summed E-state index contributed by atoms with van der Waals surface area (Å²) in [6.07, 6.45) is -11.3. The van der Waals surface area contributed by atoms with Crippen molar-refractivity contribution in [3.63, 3.8) is 0 Å². The molecule has 2 aromatic rings. The minimum absolute atomic E-state index is 0.0425. The van der Waals surface area contributed by atoms with E-state index in [-0.39, 0.29) is 23.0 Å². The highest BCUT2D eigenvalue weighted by molar-refractivity contribution is 6.10. The maximum absolute atomic E-state index is 12.4. The summed E-state index contributed by atoms with van der Waals surface area (Å²) < 4.78 is 32.7. The fraction of sp³-hybridized carbons (Fsp3) is 0.455. The zero-order valence-corrected chi connectivity index (χ0v) is 26.5. The lowest BCUT2D eigenvalue weighted by atomic mass is 9.97. The molecule has 16 nitrogen and oxygen atoms in total. The van der Waals surface area contributed by atoms with Crippen LogP contribution in [0.4, 0.5) is 0 Å². The Morgan fingerprint density at radius 2 is 1.24 bits per heavy atom. The monoisotopic (exact) mass is 692 g/mol. The number of hydrogen-bond acceptors (Lipinski definition) is 16. The second kappa shape index (κ2) is 17.1. The number of ketones is 2. The Bertz CT molecular complexity index is 1490. The predicted molar refractivity (Wildman–Crippen MR) is 167 cm³/mol. The summed E-state index contributed by atoms with van der Waals surface area (Å²) in [4.78, 5) is 24.8. The van der Waals surface area contributed by atoms with Crippen molar-refractivity contribution in [2.45, 2.75) is 67.8 Å². The van der Waals surface area contributed by atoms with Gasteiger partial charge >= 0.3 is 0 Å². The van der Waals surface area contributed by atoms with Crippen LogP contribution in [0.3, 0.4) is 0 Å². The number of benzene rings is 2. The highest BCUT2D eigenvalue weighted by Gasteiger charge is 2.51. The van der Waals surface area contributed by atoms with E-state index in [1.807, 2.05) is 0 Å². The van der Waals surface area contributed by atoms with Crippen molar-refractivity contribution in [1.82, 2.24) is 0 Å². The summed E-state index contributed by atoms with van der Waals surface area (Å²) in [5, 5.41) is 81.2. The topological polar surface area (TPSA) is 251 Å². The van der Waals surface area contributed by atoms with Crippen LogP contribution in [-0.2, 0) is 23.8 Å². The van der Waals surface area contributed by atoms with Crippen LogP contribution in [0.5, 0.6) is 23.0 Å². The van der Waals surface area contributed by atoms with Crippen molar-refractivity contribution < 1.29 is 78.9 Å². The second-order valence-electron chi connectivity index (χ2n) is 11.2. The summed E-state index contributed by atoms with van der Waals surface area (Å²) in [5.41, 5.74) is 1.07. The number of phenolic OH excluding ortho intramolecular Hbond substituents is 1. The molecule has 16 heteroatoms. The number of aromatic hydroxyl groups is 1. The third-order valence-electron chi connectivity index (χ3n) is 7.87. The van der Waals surface area contributed by atoms with Gasteiger partial charge in [-0.15, -0.1) is 0 Å². The lowest BCUT2D eigenvalue weighted by molar-refractivity contribution is -0.352. The van der Waals surface area contributed by atoms with Crippen LogP contribution in [0.15, 0.2) is 48.6 Å². The van der Waals surface area contributed by atoms with Gasteiger partial charge in [0.1, 0.15) is 48.8 Å². The molecule has 0 unspecified atom stereocenters. The fourth-order valence-corrected chi connectivity index (χ4v) is 5.12. The fourth-order valence-electron chi connectivity index (χ4n) is 5.12. The molecule has 2 heterocycles. The zero-order valence-electron chi connectivity index (χ0n) is 26.5. The van der Waals surface area contributed by atoms with Crippen LogP contribution in [0.2, 0.25) is 0 Å². The van der Waals surface area contributed by atoms with Gasteiger partial charge in [-0.3, -0.25) is 9.59 Å². The summed E-state index contributed by atoms with van der Waals surface area (Å²) in [5.74, 6) is -0.566. The molecule has 268 valence electrons. The van der Waals surface area contributed by atoms with Crippen molar-refractivity contribution in [1.29, 1.82) is 0 Å². The third-order valence-corrected chi connectivity index (χ3v) is 7.87. The lowest BCUT2D eigenvalue weighted by Gasteiger charge is -2.45. The van der Waals surface area contributed by atoms with Gasteiger partial charge in [-0.1, -0.05) is 24.3 Å². The van der Waals surface area contributed by atoms with Gasteiger partial charge in [0.2, 0.25) is 6.29 Å². The first-order valence-electron chi connectivity index (χ1n) is 15.1. The molecule has 0 spiro atoms. The third kappa shape index (κ3) is 9.20. The van der Waals surface area contributed by atoms with E-state index in [2.05, 4.69) is 0 Å². The largest absolute Gasteiger partial charge is 0.504 e. The molecule has 2 saturated heterocycles. The number of carbonyl (C=O) groups is 2. The summed E-state index contributed by atoms with van der Waals surface area (Å²) in [6.45, 7) is -1.47. The molecule has 4 rings (SSSR count). The Balaban J connectivity index is 1.41. The smallest absolute Gasteiger partial charge is 0.229 e. The van der Waals surface area contributed by atoms with Crippen LogP contribution in [0.25, 0.3) is 12.2 Å². The number of ether oxygens (including phenoxy) is 6. The molecule has 0 aromatic heterocycles. The number of carbonyl (C=O) groups excluding carboxylic acids is 2. The average Bonchev–Trinajstić information content (AvgIpc) is 3.10. The van der Waals surface area contributed by atoms with Gasteiger partial charge in [-0.25, -0.2) is 0 Å². The first-order chi connectivity index (χ1) is 23.4. The minimum Gasteiger partial charge on any atom is -0.504 e. The molecule has 8 N–H and O–H groups in total. The number of phenols is 1. The van der Waals surface area contributed by atoms with Gasteiger partial charge in [0.15, 0.2) is 40.9 Å². The van der Waals surface area contributed by atoms with Gasteiger partial charge in [0.25, 0.3) is 0 Å². The maximum atomic E-state index is 12.4. The second-order valence-corrected chi connectivity index (χ2v) is 11.2. The van der Waals surface area contributed by atoms with E-state index in [9.17, 15) is 50.4 Å². The quantitative estimate of drug-likeness (QED) is 0.0843. The van der Waals surface area contributed by atoms with Crippen LogP contribution >= 0.6 is 0 Å². The summed E-state index contributed by atoms with van der Waals surface area (Å²) >= 11 is 0. The standard InChI is InChI=1S/C33H40O16/c1-44-22-11-16(5-9-20(22)38)3-7-18(36)13-19(37)8-4-17-6-10-21(23(12-17)45-2)46-33-30(43)31(27(40)25(15-35)48-33)49-32-29(42)28(41)26(39)24(14-34)47-32/h3-12,24-35,38-43H,13-15H2,1-2H3/b7-3+,8-4+/t24-,25-,26-,27-,28+,29-,30-,31+,32+,33-/m1/s1. The molecule has 2 aliphatic heterocycles. The Labute approximate surface area is 280 Å². The molecule has 0 amide bonds. The van der Waals surface area contributed by atoms with Gasteiger partial charge in [-0.05, 0) is 47.5 Å². The van der Waals surface area contributed by atoms with E-state index >= 15 is 0 Å². The maximum Gasteiger partial charge on any atom is 0.229 e. The number of methoxy groups -OCH3 is 2. The average molecular weight is 693 g/mol. The van der Waals surface area contributed by atoms with Gasteiger partial charge in [0, 0.05) is 0 Å². The van der Waals surface area contributed by atoms with Crippen molar-refractivity contribution in [2.24, 2.45) is 0 Å². The highest BCUT2D eigenvalue weighted by Crippen LogP contribution is 2.34. The number of aliphatic hydroxyl groups is 7. The van der Waals surface area contributed by atoms with Crippen LogP contribution < -0.4 is 14.2 Å². The van der Waals surface area contributed by atoms with Gasteiger partial charge < -0.3 is 69.3 Å². The Hall–Kier alpha value is -3.94.